The van der Waals surface area contributed by atoms with Crippen LogP contribution in [0.15, 0.2) is 30.3 Å². The first-order valence-electron chi connectivity index (χ1n) is 14.0. The molecule has 0 bridgehead atoms. The highest BCUT2D eigenvalue weighted by Gasteiger charge is 2.26. The Labute approximate surface area is 228 Å². The Balaban J connectivity index is 1.35. The normalized spacial score (nSPS) is 21.2. The highest BCUT2D eigenvalue weighted by atomic mass is 19.3. The van der Waals surface area contributed by atoms with E-state index in [2.05, 4.69) is 27.1 Å². The molecule has 1 saturated carbocycles. The van der Waals surface area contributed by atoms with E-state index >= 15 is 0 Å². The number of aliphatic hydroxyl groups is 1. The second kappa shape index (κ2) is 12.5. The third-order valence-electron chi connectivity index (χ3n) is 7.93. The van der Waals surface area contributed by atoms with Gasteiger partial charge in [-0.2, -0.15) is 9.97 Å². The number of para-hydroxylation sites is 2. The van der Waals surface area contributed by atoms with Gasteiger partial charge in [-0.1, -0.05) is 12.1 Å². The van der Waals surface area contributed by atoms with E-state index in [0.29, 0.717) is 66.9 Å². The minimum absolute atomic E-state index is 0.275. The summed E-state index contributed by atoms with van der Waals surface area (Å²) < 4.78 is 35.1. The first kappa shape index (κ1) is 27.7. The minimum atomic E-state index is -2.75. The standard InChI is InChI=1S/C28H39F2N7O2/c1-19(38)11-12-35(2)21-9-7-20(8-10-21)18-31-28-33-24(36-13-15-39-16-14-36)17-25(34-28)37-23-6-4-3-5-22(23)32-27(37)26(29)30/h3-6,17,19-21,26,38H,7-16,18H2,1-2H3,(H,31,33,34). The number of aliphatic hydroxyl groups excluding tert-OH is 1. The second-order valence-corrected chi connectivity index (χ2v) is 10.8. The molecule has 212 valence electrons. The number of hydrogen-bond donors (Lipinski definition) is 2. The third-order valence-corrected chi connectivity index (χ3v) is 7.93. The number of alkyl halides is 2. The smallest absolute Gasteiger partial charge is 0.296 e. The summed E-state index contributed by atoms with van der Waals surface area (Å²) in [5.41, 5.74) is 1.09. The van der Waals surface area contributed by atoms with E-state index in [9.17, 15) is 13.9 Å². The summed E-state index contributed by atoms with van der Waals surface area (Å²) in [5, 5.41) is 13.0. The van der Waals surface area contributed by atoms with Crippen LogP contribution in [0.2, 0.25) is 0 Å². The summed E-state index contributed by atoms with van der Waals surface area (Å²) in [4.78, 5) is 18.2. The molecule has 1 aliphatic carbocycles. The number of halogens is 2. The van der Waals surface area contributed by atoms with Gasteiger partial charge in [-0.25, -0.2) is 13.8 Å². The molecular formula is C28H39F2N7O2. The highest BCUT2D eigenvalue weighted by molar-refractivity contribution is 5.78. The number of anilines is 2. The van der Waals surface area contributed by atoms with Crippen molar-refractivity contribution in [2.45, 2.75) is 57.6 Å². The molecule has 1 unspecified atom stereocenters. The number of aromatic nitrogens is 4. The summed E-state index contributed by atoms with van der Waals surface area (Å²) in [6.07, 6.45) is 2.18. The Morgan fingerprint density at radius 3 is 2.51 bits per heavy atom. The molecular weight excluding hydrogens is 504 g/mol. The Morgan fingerprint density at radius 1 is 1.08 bits per heavy atom. The van der Waals surface area contributed by atoms with Crippen molar-refractivity contribution in [3.63, 3.8) is 0 Å². The van der Waals surface area contributed by atoms with Gasteiger partial charge in [0.2, 0.25) is 5.95 Å². The quantitative estimate of drug-likeness (QED) is 0.392. The van der Waals surface area contributed by atoms with Crippen LogP contribution in [-0.4, -0.2) is 88.1 Å². The zero-order valence-electron chi connectivity index (χ0n) is 22.8. The van der Waals surface area contributed by atoms with E-state index in [1.54, 1.807) is 24.3 Å². The molecule has 0 spiro atoms. The molecule has 1 aromatic carbocycles. The van der Waals surface area contributed by atoms with Gasteiger partial charge in [0.05, 0.1) is 30.4 Å². The van der Waals surface area contributed by atoms with Gasteiger partial charge in [-0.15, -0.1) is 0 Å². The molecule has 11 heteroatoms. The lowest BCUT2D eigenvalue weighted by Crippen LogP contribution is -2.38. The maximum atomic E-state index is 14.1. The molecule has 39 heavy (non-hydrogen) atoms. The fourth-order valence-electron chi connectivity index (χ4n) is 5.60. The van der Waals surface area contributed by atoms with Crippen LogP contribution in [0.4, 0.5) is 20.5 Å². The van der Waals surface area contributed by atoms with Crippen LogP contribution in [0.3, 0.4) is 0 Å². The van der Waals surface area contributed by atoms with E-state index in [-0.39, 0.29) is 11.9 Å². The number of hydrogen-bond acceptors (Lipinski definition) is 8. The number of rotatable bonds is 10. The maximum absolute atomic E-state index is 14.1. The van der Waals surface area contributed by atoms with Crippen LogP contribution < -0.4 is 10.2 Å². The molecule has 2 N–H and O–H groups in total. The van der Waals surface area contributed by atoms with Gasteiger partial charge in [-0.05, 0) is 64.1 Å². The largest absolute Gasteiger partial charge is 0.393 e. The van der Waals surface area contributed by atoms with Crippen LogP contribution in [0, 0.1) is 5.92 Å². The van der Waals surface area contributed by atoms with Crippen molar-refractivity contribution in [1.29, 1.82) is 0 Å². The third kappa shape index (κ3) is 6.64. The first-order chi connectivity index (χ1) is 18.9. The Hall–Kier alpha value is -2.89. The fourth-order valence-corrected chi connectivity index (χ4v) is 5.60. The number of ether oxygens (including phenoxy) is 1. The van der Waals surface area contributed by atoms with Crippen molar-refractivity contribution in [2.24, 2.45) is 5.92 Å². The zero-order valence-corrected chi connectivity index (χ0v) is 22.8. The lowest BCUT2D eigenvalue weighted by molar-refractivity contribution is 0.122. The molecule has 0 radical (unpaired) electrons. The Morgan fingerprint density at radius 2 is 1.79 bits per heavy atom. The van der Waals surface area contributed by atoms with Crippen molar-refractivity contribution in [1.82, 2.24) is 24.4 Å². The van der Waals surface area contributed by atoms with E-state index in [1.165, 1.54) is 4.57 Å². The number of nitrogens with zero attached hydrogens (tertiary/aromatic N) is 6. The van der Waals surface area contributed by atoms with Crippen molar-refractivity contribution in [3.8, 4) is 5.82 Å². The molecule has 5 rings (SSSR count). The Bertz CT molecular complexity index is 1220. The average molecular weight is 544 g/mol. The van der Waals surface area contributed by atoms with Crippen molar-refractivity contribution in [3.05, 3.63) is 36.2 Å². The highest BCUT2D eigenvalue weighted by Crippen LogP contribution is 2.30. The predicted octanol–water partition coefficient (Wildman–Crippen LogP) is 4.26. The van der Waals surface area contributed by atoms with Crippen LogP contribution in [-0.2, 0) is 4.74 Å². The van der Waals surface area contributed by atoms with Gasteiger partial charge >= 0.3 is 0 Å². The van der Waals surface area contributed by atoms with Gasteiger partial charge in [0.1, 0.15) is 11.6 Å². The fraction of sp³-hybridized carbons (Fsp3) is 0.607. The summed E-state index contributed by atoms with van der Waals surface area (Å²) in [6, 6.07) is 9.44. The van der Waals surface area contributed by atoms with Gasteiger partial charge in [-0.3, -0.25) is 4.57 Å². The average Bonchev–Trinajstić information content (AvgIpc) is 3.36. The maximum Gasteiger partial charge on any atom is 0.296 e. The van der Waals surface area contributed by atoms with E-state index in [4.69, 9.17) is 14.7 Å². The van der Waals surface area contributed by atoms with Gasteiger partial charge in [0, 0.05) is 38.3 Å². The second-order valence-electron chi connectivity index (χ2n) is 10.8. The van der Waals surface area contributed by atoms with Crippen LogP contribution >= 0.6 is 0 Å². The predicted molar refractivity (Wildman–Crippen MR) is 148 cm³/mol. The van der Waals surface area contributed by atoms with Crippen molar-refractivity contribution >= 4 is 22.8 Å². The van der Waals surface area contributed by atoms with Crippen molar-refractivity contribution < 1.29 is 18.6 Å². The van der Waals surface area contributed by atoms with Crippen LogP contribution in [0.5, 0.6) is 0 Å². The number of nitrogens with one attached hydrogen (secondary N) is 1. The first-order valence-corrected chi connectivity index (χ1v) is 14.0. The molecule has 3 heterocycles. The summed E-state index contributed by atoms with van der Waals surface area (Å²) in [6.45, 7) is 5.99. The SMILES string of the molecule is CC(O)CCN(C)C1CCC(CNc2nc(N3CCOCC3)cc(-n3c(C(F)F)nc4ccccc43)n2)CC1. The zero-order chi connectivity index (χ0) is 27.4. The number of benzene rings is 1. The van der Waals surface area contributed by atoms with Gasteiger partial charge in [0.25, 0.3) is 6.43 Å². The van der Waals surface area contributed by atoms with E-state index in [0.717, 1.165) is 45.2 Å². The molecule has 2 aromatic heterocycles. The topological polar surface area (TPSA) is 91.6 Å². The molecule has 2 aliphatic rings. The number of imidazole rings is 1. The molecule has 3 aromatic rings. The van der Waals surface area contributed by atoms with Gasteiger partial charge in [0.15, 0.2) is 5.82 Å². The molecule has 1 atom stereocenters. The summed E-state index contributed by atoms with van der Waals surface area (Å²) in [7, 11) is 2.14. The van der Waals surface area contributed by atoms with Crippen LogP contribution in [0.1, 0.15) is 51.3 Å². The molecule has 2 fully saturated rings. The lowest BCUT2D eigenvalue weighted by Gasteiger charge is -2.35. The van der Waals surface area contributed by atoms with E-state index in [1.807, 2.05) is 13.0 Å². The number of fused-ring (bicyclic) bond motifs is 1. The van der Waals surface area contributed by atoms with E-state index < -0.39 is 6.43 Å². The monoisotopic (exact) mass is 543 g/mol. The lowest BCUT2D eigenvalue weighted by atomic mass is 9.85. The van der Waals surface area contributed by atoms with Crippen molar-refractivity contribution in [2.75, 3.05) is 56.7 Å². The number of morpholine rings is 1. The molecule has 0 amide bonds. The summed E-state index contributed by atoms with van der Waals surface area (Å²) in [5.74, 6) is 1.65. The molecule has 1 saturated heterocycles. The van der Waals surface area contributed by atoms with Crippen LogP contribution in [0.25, 0.3) is 16.9 Å². The minimum Gasteiger partial charge on any atom is -0.393 e. The van der Waals surface area contributed by atoms with Gasteiger partial charge < -0.3 is 25.0 Å². The summed E-state index contributed by atoms with van der Waals surface area (Å²) >= 11 is 0. The Kier molecular flexibility index (Phi) is 8.89. The molecule has 9 nitrogen and oxygen atoms in total. The molecule has 1 aliphatic heterocycles.